The molecule has 0 aliphatic carbocycles. The molecule has 0 saturated heterocycles. The Kier molecular flexibility index (Phi) is 5.11. The maximum atomic E-state index is 11.3. The van der Waals surface area contributed by atoms with Gasteiger partial charge in [0.1, 0.15) is 0 Å². The van der Waals surface area contributed by atoms with Crippen LogP contribution >= 0.6 is 0 Å². The van der Waals surface area contributed by atoms with Crippen LogP contribution in [0.25, 0.3) is 5.69 Å². The second-order valence-electron chi connectivity index (χ2n) is 4.81. The third-order valence-electron chi connectivity index (χ3n) is 3.32. The van der Waals surface area contributed by atoms with Gasteiger partial charge in [0.15, 0.2) is 0 Å². The molecule has 0 aliphatic heterocycles. The van der Waals surface area contributed by atoms with Gasteiger partial charge in [-0.15, -0.1) is 0 Å². The largest absolute Gasteiger partial charge is 0.465 e. The van der Waals surface area contributed by atoms with Gasteiger partial charge in [0.05, 0.1) is 24.5 Å². The lowest BCUT2D eigenvalue weighted by atomic mass is 10.2. The number of benzene rings is 1. The molecule has 2 aromatic rings. The fraction of sp³-hybridized carbons (Fsp3) is 0.375. The number of aromatic nitrogens is 2. The molecule has 1 heterocycles. The minimum Gasteiger partial charge on any atom is -0.465 e. The van der Waals surface area contributed by atoms with E-state index in [1.54, 1.807) is 6.92 Å². The number of hydrogen-bond donors (Lipinski definition) is 1. The Labute approximate surface area is 124 Å². The summed E-state index contributed by atoms with van der Waals surface area (Å²) < 4.78 is 6.82. The molecule has 0 radical (unpaired) electrons. The molecule has 0 unspecified atom stereocenters. The Balaban J connectivity index is 2.08. The van der Waals surface area contributed by atoms with Crippen molar-refractivity contribution in [1.82, 2.24) is 15.1 Å². The van der Waals surface area contributed by atoms with Crippen LogP contribution in [0.15, 0.2) is 30.3 Å². The first-order chi connectivity index (χ1) is 10.1. The molecule has 0 fully saturated rings. The Morgan fingerprint density at radius 2 is 2.00 bits per heavy atom. The molecule has 5 heteroatoms. The predicted molar refractivity (Wildman–Crippen MR) is 81.4 cm³/mol. The molecule has 0 atom stereocenters. The monoisotopic (exact) mass is 287 g/mol. The van der Waals surface area contributed by atoms with Gasteiger partial charge in [-0.2, -0.15) is 5.10 Å². The first-order valence-corrected chi connectivity index (χ1v) is 7.10. The zero-order valence-corrected chi connectivity index (χ0v) is 12.7. The van der Waals surface area contributed by atoms with Gasteiger partial charge in [0, 0.05) is 17.8 Å². The SMILES string of the molecule is CCOC(=O)CNCc1c(C)nn(-c2ccccc2)c1C. The third kappa shape index (κ3) is 3.70. The molecular formula is C16H21N3O2. The van der Waals surface area contributed by atoms with Gasteiger partial charge in [-0.3, -0.25) is 4.79 Å². The number of hydrogen-bond acceptors (Lipinski definition) is 4. The number of aryl methyl sites for hydroxylation is 1. The van der Waals surface area contributed by atoms with Gasteiger partial charge in [0.25, 0.3) is 0 Å². The highest BCUT2D eigenvalue weighted by Crippen LogP contribution is 2.17. The minimum atomic E-state index is -0.233. The van der Waals surface area contributed by atoms with Crippen molar-refractivity contribution in [2.75, 3.05) is 13.2 Å². The van der Waals surface area contributed by atoms with Crippen molar-refractivity contribution in [3.8, 4) is 5.69 Å². The van der Waals surface area contributed by atoms with Crippen LogP contribution in [0, 0.1) is 13.8 Å². The molecule has 1 N–H and O–H groups in total. The topological polar surface area (TPSA) is 56.1 Å². The molecule has 21 heavy (non-hydrogen) atoms. The van der Waals surface area contributed by atoms with E-state index in [0.717, 1.165) is 22.6 Å². The molecule has 112 valence electrons. The van der Waals surface area contributed by atoms with Gasteiger partial charge in [-0.1, -0.05) is 18.2 Å². The summed E-state index contributed by atoms with van der Waals surface area (Å²) in [5.41, 5.74) is 4.20. The van der Waals surface area contributed by atoms with Crippen LogP contribution in [0.1, 0.15) is 23.9 Å². The van der Waals surface area contributed by atoms with Crippen LogP contribution in [-0.4, -0.2) is 28.9 Å². The number of carbonyl (C=O) groups is 1. The van der Waals surface area contributed by atoms with E-state index in [-0.39, 0.29) is 12.5 Å². The van der Waals surface area contributed by atoms with E-state index in [9.17, 15) is 4.79 Å². The highest BCUT2D eigenvalue weighted by molar-refractivity contribution is 5.71. The first kappa shape index (κ1) is 15.3. The van der Waals surface area contributed by atoms with E-state index in [1.807, 2.05) is 48.9 Å². The molecule has 0 amide bonds. The molecule has 0 bridgehead atoms. The molecule has 1 aromatic carbocycles. The summed E-state index contributed by atoms with van der Waals surface area (Å²) >= 11 is 0. The lowest BCUT2D eigenvalue weighted by Crippen LogP contribution is -2.24. The van der Waals surface area contributed by atoms with Crippen LogP contribution < -0.4 is 5.32 Å². The minimum absolute atomic E-state index is 0.212. The summed E-state index contributed by atoms with van der Waals surface area (Å²) in [4.78, 5) is 11.3. The fourth-order valence-electron chi connectivity index (χ4n) is 2.25. The number of ether oxygens (including phenoxy) is 1. The Morgan fingerprint density at radius 1 is 1.29 bits per heavy atom. The number of carbonyl (C=O) groups excluding carboxylic acids is 1. The second kappa shape index (κ2) is 7.04. The average Bonchev–Trinajstić information content (AvgIpc) is 2.76. The van der Waals surface area contributed by atoms with Gasteiger partial charge < -0.3 is 10.1 Å². The van der Waals surface area contributed by atoms with E-state index in [4.69, 9.17) is 4.74 Å². The second-order valence-corrected chi connectivity index (χ2v) is 4.81. The van der Waals surface area contributed by atoms with E-state index in [0.29, 0.717) is 13.2 Å². The van der Waals surface area contributed by atoms with Crippen molar-refractivity contribution in [3.63, 3.8) is 0 Å². The number of nitrogens with one attached hydrogen (secondary N) is 1. The zero-order valence-electron chi connectivity index (χ0n) is 12.7. The number of esters is 1. The normalized spacial score (nSPS) is 10.6. The van der Waals surface area contributed by atoms with Crippen molar-refractivity contribution in [2.45, 2.75) is 27.3 Å². The van der Waals surface area contributed by atoms with Crippen molar-refractivity contribution in [3.05, 3.63) is 47.3 Å². The Bertz CT molecular complexity index is 605. The summed E-state index contributed by atoms with van der Waals surface area (Å²) in [6.07, 6.45) is 0. The smallest absolute Gasteiger partial charge is 0.319 e. The molecule has 0 aliphatic rings. The molecule has 5 nitrogen and oxygen atoms in total. The number of para-hydroxylation sites is 1. The Morgan fingerprint density at radius 3 is 2.67 bits per heavy atom. The van der Waals surface area contributed by atoms with Crippen LogP contribution in [0.3, 0.4) is 0 Å². The van der Waals surface area contributed by atoms with E-state index in [2.05, 4.69) is 10.4 Å². The summed E-state index contributed by atoms with van der Waals surface area (Å²) in [7, 11) is 0. The zero-order chi connectivity index (χ0) is 15.2. The summed E-state index contributed by atoms with van der Waals surface area (Å²) in [6, 6.07) is 10.0. The highest BCUT2D eigenvalue weighted by atomic mass is 16.5. The molecule has 2 rings (SSSR count). The number of rotatable bonds is 6. The molecule has 0 saturated carbocycles. The van der Waals surface area contributed by atoms with Crippen molar-refractivity contribution in [2.24, 2.45) is 0 Å². The third-order valence-corrected chi connectivity index (χ3v) is 3.32. The Hall–Kier alpha value is -2.14. The first-order valence-electron chi connectivity index (χ1n) is 7.10. The van der Waals surface area contributed by atoms with Crippen molar-refractivity contribution < 1.29 is 9.53 Å². The maximum absolute atomic E-state index is 11.3. The van der Waals surface area contributed by atoms with Crippen LogP contribution in [0.2, 0.25) is 0 Å². The van der Waals surface area contributed by atoms with Gasteiger partial charge >= 0.3 is 5.97 Å². The van der Waals surface area contributed by atoms with Crippen molar-refractivity contribution in [1.29, 1.82) is 0 Å². The average molecular weight is 287 g/mol. The quantitative estimate of drug-likeness (QED) is 0.827. The highest BCUT2D eigenvalue weighted by Gasteiger charge is 2.12. The molecular weight excluding hydrogens is 266 g/mol. The fourth-order valence-corrected chi connectivity index (χ4v) is 2.25. The lowest BCUT2D eigenvalue weighted by Gasteiger charge is -2.06. The summed E-state index contributed by atoms with van der Waals surface area (Å²) in [5.74, 6) is -0.233. The summed E-state index contributed by atoms with van der Waals surface area (Å²) in [6.45, 7) is 7.04. The lowest BCUT2D eigenvalue weighted by molar-refractivity contribution is -0.142. The maximum Gasteiger partial charge on any atom is 0.319 e. The van der Waals surface area contributed by atoms with Crippen LogP contribution in [-0.2, 0) is 16.1 Å². The molecule has 1 aromatic heterocycles. The van der Waals surface area contributed by atoms with Crippen LogP contribution in [0.5, 0.6) is 0 Å². The predicted octanol–water partition coefficient (Wildman–Crippen LogP) is 2.14. The van der Waals surface area contributed by atoms with E-state index in [1.165, 1.54) is 0 Å². The van der Waals surface area contributed by atoms with E-state index >= 15 is 0 Å². The van der Waals surface area contributed by atoms with Crippen molar-refractivity contribution >= 4 is 5.97 Å². The van der Waals surface area contributed by atoms with Gasteiger partial charge in [-0.05, 0) is 32.9 Å². The summed E-state index contributed by atoms with van der Waals surface area (Å²) in [5, 5.41) is 7.68. The van der Waals surface area contributed by atoms with Gasteiger partial charge in [-0.25, -0.2) is 4.68 Å². The molecule has 0 spiro atoms. The van der Waals surface area contributed by atoms with E-state index < -0.39 is 0 Å². The standard InChI is InChI=1S/C16H21N3O2/c1-4-21-16(20)11-17-10-15-12(2)18-19(13(15)3)14-8-6-5-7-9-14/h5-9,17H,4,10-11H2,1-3H3. The van der Waals surface area contributed by atoms with Crippen LogP contribution in [0.4, 0.5) is 0 Å². The van der Waals surface area contributed by atoms with Gasteiger partial charge in [0.2, 0.25) is 0 Å². The number of nitrogens with zero attached hydrogens (tertiary/aromatic N) is 2.